The van der Waals surface area contributed by atoms with E-state index in [4.69, 9.17) is 5.73 Å². The van der Waals surface area contributed by atoms with Crippen LogP contribution < -0.4 is 16.4 Å². The van der Waals surface area contributed by atoms with E-state index in [9.17, 15) is 9.59 Å². The fourth-order valence-corrected chi connectivity index (χ4v) is 1.61. The number of carbonyl (C=O) groups excluding carboxylic acids is 2. The van der Waals surface area contributed by atoms with Gasteiger partial charge >= 0.3 is 0 Å². The second kappa shape index (κ2) is 7.35. The number of hydrogen-bond donors (Lipinski definition) is 3. The van der Waals surface area contributed by atoms with E-state index in [-0.39, 0.29) is 24.3 Å². The summed E-state index contributed by atoms with van der Waals surface area (Å²) < 4.78 is 0.867. The summed E-state index contributed by atoms with van der Waals surface area (Å²) in [5.74, 6) is -0.217. The molecule has 1 heterocycles. The number of halogens is 1. The molecule has 0 aliphatic carbocycles. The molecule has 1 aromatic heterocycles. The topological polar surface area (TPSA) is 97.1 Å². The van der Waals surface area contributed by atoms with Crippen molar-refractivity contribution in [3.63, 3.8) is 0 Å². The van der Waals surface area contributed by atoms with Crippen molar-refractivity contribution >= 4 is 33.6 Å². The van der Waals surface area contributed by atoms with Gasteiger partial charge in [0, 0.05) is 4.47 Å². The molecule has 2 amide bonds. The molecule has 0 unspecified atom stereocenters. The van der Waals surface area contributed by atoms with Crippen molar-refractivity contribution in [3.05, 3.63) is 22.3 Å². The summed E-state index contributed by atoms with van der Waals surface area (Å²) >= 11 is 3.33. The molecular formula is C13H19BrN4O2. The van der Waals surface area contributed by atoms with Crippen molar-refractivity contribution in [2.45, 2.75) is 26.8 Å². The standard InChI is InChI=1S/C13H19BrN4O2/c1-7(2)12(15)13(20)16-6-11(19)18-10-5-4-9(14)8(3)17-10/h4-5,7,12H,6,15H2,1-3H3,(H,16,20)(H,17,18,19)/t12-/m0/s1. The Balaban J connectivity index is 2.48. The molecule has 0 fully saturated rings. The first kappa shape index (κ1) is 16.6. The lowest BCUT2D eigenvalue weighted by atomic mass is 10.1. The molecule has 1 aromatic rings. The molecule has 7 heteroatoms. The summed E-state index contributed by atoms with van der Waals surface area (Å²) in [4.78, 5) is 27.5. The normalized spacial score (nSPS) is 12.1. The van der Waals surface area contributed by atoms with E-state index in [1.165, 1.54) is 0 Å². The van der Waals surface area contributed by atoms with E-state index in [1.807, 2.05) is 20.8 Å². The third kappa shape index (κ3) is 4.90. The molecule has 0 aliphatic rings. The molecule has 1 rings (SSSR count). The SMILES string of the molecule is Cc1nc(NC(=O)CNC(=O)[C@@H](N)C(C)C)ccc1Br. The maximum atomic E-state index is 11.7. The van der Waals surface area contributed by atoms with Gasteiger partial charge in [-0.05, 0) is 40.9 Å². The van der Waals surface area contributed by atoms with E-state index in [0.717, 1.165) is 10.2 Å². The van der Waals surface area contributed by atoms with Gasteiger partial charge in [-0.3, -0.25) is 9.59 Å². The molecule has 0 aliphatic heterocycles. The zero-order valence-electron chi connectivity index (χ0n) is 11.7. The molecule has 0 spiro atoms. The predicted molar refractivity (Wildman–Crippen MR) is 81.1 cm³/mol. The Morgan fingerprint density at radius 1 is 1.40 bits per heavy atom. The van der Waals surface area contributed by atoms with Gasteiger partial charge < -0.3 is 16.4 Å². The van der Waals surface area contributed by atoms with Crippen LogP contribution in [-0.4, -0.2) is 29.4 Å². The maximum absolute atomic E-state index is 11.7. The number of nitrogens with zero attached hydrogens (tertiary/aromatic N) is 1. The molecule has 0 aromatic carbocycles. The van der Waals surface area contributed by atoms with Crippen LogP contribution in [0.25, 0.3) is 0 Å². The summed E-state index contributed by atoms with van der Waals surface area (Å²) in [7, 11) is 0. The van der Waals surface area contributed by atoms with Gasteiger partial charge in [0.1, 0.15) is 5.82 Å². The van der Waals surface area contributed by atoms with Crippen molar-refractivity contribution in [2.24, 2.45) is 11.7 Å². The lowest BCUT2D eigenvalue weighted by Gasteiger charge is -2.15. The molecule has 0 saturated heterocycles. The molecule has 0 saturated carbocycles. The van der Waals surface area contributed by atoms with Gasteiger partial charge in [0.05, 0.1) is 18.3 Å². The highest BCUT2D eigenvalue weighted by molar-refractivity contribution is 9.10. The molecule has 0 radical (unpaired) electrons. The van der Waals surface area contributed by atoms with Crippen LogP contribution in [0.15, 0.2) is 16.6 Å². The van der Waals surface area contributed by atoms with Crippen molar-refractivity contribution in [2.75, 3.05) is 11.9 Å². The van der Waals surface area contributed by atoms with Gasteiger partial charge in [-0.25, -0.2) is 4.98 Å². The lowest BCUT2D eigenvalue weighted by molar-refractivity contribution is -0.125. The van der Waals surface area contributed by atoms with Crippen LogP contribution in [0.4, 0.5) is 5.82 Å². The molecule has 0 bridgehead atoms. The number of hydrogen-bond acceptors (Lipinski definition) is 4. The van der Waals surface area contributed by atoms with E-state index in [1.54, 1.807) is 12.1 Å². The first-order chi connectivity index (χ1) is 9.31. The van der Waals surface area contributed by atoms with Crippen LogP contribution >= 0.6 is 15.9 Å². The number of aryl methyl sites for hydroxylation is 1. The van der Waals surface area contributed by atoms with Crippen molar-refractivity contribution in [3.8, 4) is 0 Å². The number of anilines is 1. The second-order valence-electron chi connectivity index (χ2n) is 4.80. The summed E-state index contributed by atoms with van der Waals surface area (Å²) in [6, 6.07) is 2.86. The first-order valence-corrected chi connectivity index (χ1v) is 7.07. The van der Waals surface area contributed by atoms with Gasteiger partial charge in [-0.15, -0.1) is 0 Å². The third-order valence-electron chi connectivity index (χ3n) is 2.73. The van der Waals surface area contributed by atoms with Crippen LogP contribution in [0.5, 0.6) is 0 Å². The summed E-state index contributed by atoms with van der Waals surface area (Å²) in [5, 5.41) is 5.10. The van der Waals surface area contributed by atoms with Crippen LogP contribution in [0.1, 0.15) is 19.5 Å². The smallest absolute Gasteiger partial charge is 0.244 e. The number of aromatic nitrogens is 1. The van der Waals surface area contributed by atoms with Crippen LogP contribution in [0.2, 0.25) is 0 Å². The van der Waals surface area contributed by atoms with Crippen LogP contribution in [0.3, 0.4) is 0 Å². The monoisotopic (exact) mass is 342 g/mol. The number of amides is 2. The van der Waals surface area contributed by atoms with Gasteiger partial charge in [-0.1, -0.05) is 13.8 Å². The lowest BCUT2D eigenvalue weighted by Crippen LogP contribution is -2.46. The minimum atomic E-state index is -0.615. The van der Waals surface area contributed by atoms with Crippen LogP contribution in [-0.2, 0) is 9.59 Å². The zero-order chi connectivity index (χ0) is 15.3. The highest BCUT2D eigenvalue weighted by Gasteiger charge is 2.17. The number of nitrogens with one attached hydrogen (secondary N) is 2. The first-order valence-electron chi connectivity index (χ1n) is 6.27. The molecular weight excluding hydrogens is 324 g/mol. The average molecular weight is 343 g/mol. The Hall–Kier alpha value is -1.47. The Labute approximate surface area is 126 Å². The van der Waals surface area contributed by atoms with E-state index in [2.05, 4.69) is 31.5 Å². The quantitative estimate of drug-likeness (QED) is 0.748. The fraction of sp³-hybridized carbons (Fsp3) is 0.462. The second-order valence-corrected chi connectivity index (χ2v) is 5.65. The molecule has 20 heavy (non-hydrogen) atoms. The van der Waals surface area contributed by atoms with Gasteiger partial charge in [0.25, 0.3) is 0 Å². The number of carbonyl (C=O) groups is 2. The Morgan fingerprint density at radius 3 is 2.60 bits per heavy atom. The zero-order valence-corrected chi connectivity index (χ0v) is 13.3. The average Bonchev–Trinajstić information content (AvgIpc) is 2.39. The highest BCUT2D eigenvalue weighted by Crippen LogP contribution is 2.15. The van der Waals surface area contributed by atoms with Crippen molar-refractivity contribution in [1.29, 1.82) is 0 Å². The van der Waals surface area contributed by atoms with E-state index < -0.39 is 6.04 Å². The summed E-state index contributed by atoms with van der Waals surface area (Å²) in [5.41, 5.74) is 6.45. The van der Waals surface area contributed by atoms with Gasteiger partial charge in [0.15, 0.2) is 0 Å². The highest BCUT2D eigenvalue weighted by atomic mass is 79.9. The third-order valence-corrected chi connectivity index (χ3v) is 3.57. The molecule has 110 valence electrons. The molecule has 1 atom stereocenters. The van der Waals surface area contributed by atoms with E-state index in [0.29, 0.717) is 5.82 Å². The summed E-state index contributed by atoms with van der Waals surface area (Å²) in [6.07, 6.45) is 0. The molecule has 4 N–H and O–H groups in total. The Kier molecular flexibility index (Phi) is 6.09. The Morgan fingerprint density at radius 2 is 2.05 bits per heavy atom. The minimum absolute atomic E-state index is 0.0221. The largest absolute Gasteiger partial charge is 0.346 e. The minimum Gasteiger partial charge on any atom is -0.346 e. The molecule has 6 nitrogen and oxygen atoms in total. The number of pyridine rings is 1. The van der Waals surface area contributed by atoms with Gasteiger partial charge in [0.2, 0.25) is 11.8 Å². The fourth-order valence-electron chi connectivity index (χ4n) is 1.39. The van der Waals surface area contributed by atoms with Crippen molar-refractivity contribution < 1.29 is 9.59 Å². The Bertz CT molecular complexity index is 505. The maximum Gasteiger partial charge on any atom is 0.244 e. The predicted octanol–water partition coefficient (Wildman–Crippen LogP) is 1.19. The number of nitrogens with two attached hydrogens (primary N) is 1. The van der Waals surface area contributed by atoms with Crippen LogP contribution in [0, 0.1) is 12.8 Å². The van der Waals surface area contributed by atoms with Crippen molar-refractivity contribution in [1.82, 2.24) is 10.3 Å². The van der Waals surface area contributed by atoms with E-state index >= 15 is 0 Å². The number of rotatable bonds is 5. The summed E-state index contributed by atoms with van der Waals surface area (Å²) in [6.45, 7) is 5.39. The van der Waals surface area contributed by atoms with Gasteiger partial charge in [-0.2, -0.15) is 0 Å².